The molecule has 1 aromatic carbocycles. The first-order chi connectivity index (χ1) is 11.6. The van der Waals surface area contributed by atoms with Crippen molar-refractivity contribution in [2.75, 3.05) is 19.6 Å². The molecule has 1 saturated heterocycles. The van der Waals surface area contributed by atoms with Gasteiger partial charge in [0, 0.05) is 17.0 Å². The zero-order valence-corrected chi connectivity index (χ0v) is 14.9. The van der Waals surface area contributed by atoms with Crippen LogP contribution in [0.15, 0.2) is 29.6 Å². The van der Waals surface area contributed by atoms with Gasteiger partial charge < -0.3 is 10.0 Å². The van der Waals surface area contributed by atoms with Crippen LogP contribution in [-0.4, -0.2) is 34.6 Å². The van der Waals surface area contributed by atoms with Crippen molar-refractivity contribution in [2.24, 2.45) is 0 Å². The number of rotatable bonds is 6. The summed E-state index contributed by atoms with van der Waals surface area (Å²) in [6.07, 6.45) is 3.53. The van der Waals surface area contributed by atoms with Crippen molar-refractivity contribution < 1.29 is 9.50 Å². The number of piperidine rings is 1. The molecule has 0 saturated carbocycles. The second-order valence-electron chi connectivity index (χ2n) is 6.65. The monoisotopic (exact) mass is 348 g/mol. The highest BCUT2D eigenvalue weighted by Gasteiger charge is 2.22. The fourth-order valence-electron chi connectivity index (χ4n) is 3.32. The quantitative estimate of drug-likeness (QED) is 0.846. The first kappa shape index (κ1) is 17.5. The van der Waals surface area contributed by atoms with Gasteiger partial charge in [0.1, 0.15) is 5.82 Å². The lowest BCUT2D eigenvalue weighted by Gasteiger charge is -2.31. The van der Waals surface area contributed by atoms with E-state index in [-0.39, 0.29) is 5.82 Å². The van der Waals surface area contributed by atoms with E-state index in [1.807, 2.05) is 0 Å². The first-order valence-electron chi connectivity index (χ1n) is 8.70. The van der Waals surface area contributed by atoms with E-state index in [2.05, 4.69) is 22.2 Å². The fraction of sp³-hybridized carbons (Fsp3) is 0.526. The lowest BCUT2D eigenvalue weighted by molar-refractivity contribution is 0.148. The number of hydrogen-bond donors (Lipinski definition) is 1. The predicted molar refractivity (Wildman–Crippen MR) is 95.9 cm³/mol. The molecule has 0 radical (unpaired) electrons. The number of aliphatic hydroxyl groups excluding tert-OH is 1. The minimum atomic E-state index is -0.499. The molecule has 1 aromatic heterocycles. The number of thiazole rings is 1. The Labute approximate surface area is 147 Å². The number of hydrogen-bond acceptors (Lipinski definition) is 4. The summed E-state index contributed by atoms with van der Waals surface area (Å²) in [6, 6.07) is 6.15. The minimum absolute atomic E-state index is 0.260. The first-order valence-corrected chi connectivity index (χ1v) is 9.57. The highest BCUT2D eigenvalue weighted by Crippen LogP contribution is 2.30. The number of benzene rings is 1. The summed E-state index contributed by atoms with van der Waals surface area (Å²) in [5, 5.41) is 13.6. The maximum absolute atomic E-state index is 12.9. The highest BCUT2D eigenvalue weighted by atomic mass is 32.1. The average Bonchev–Trinajstić information content (AvgIpc) is 3.02. The van der Waals surface area contributed by atoms with Crippen LogP contribution in [0.2, 0.25) is 0 Å². The SMILES string of the molecule is Cc1csc(C2CCN(CCCC(O)c3ccc(F)cc3)CC2)n1. The van der Waals surface area contributed by atoms with Crippen LogP contribution < -0.4 is 0 Å². The van der Waals surface area contributed by atoms with Gasteiger partial charge in [0.15, 0.2) is 0 Å². The molecule has 0 amide bonds. The molecule has 2 heterocycles. The van der Waals surface area contributed by atoms with E-state index < -0.39 is 6.10 Å². The average molecular weight is 348 g/mol. The van der Waals surface area contributed by atoms with E-state index >= 15 is 0 Å². The molecule has 1 unspecified atom stereocenters. The maximum Gasteiger partial charge on any atom is 0.123 e. The van der Waals surface area contributed by atoms with Gasteiger partial charge in [0.2, 0.25) is 0 Å². The fourth-order valence-corrected chi connectivity index (χ4v) is 4.29. The Morgan fingerprint density at radius 2 is 2.00 bits per heavy atom. The summed E-state index contributed by atoms with van der Waals surface area (Å²) >= 11 is 1.79. The Morgan fingerprint density at radius 3 is 2.62 bits per heavy atom. The Morgan fingerprint density at radius 1 is 1.29 bits per heavy atom. The van der Waals surface area contributed by atoms with Gasteiger partial charge in [-0.05, 0) is 69.9 Å². The van der Waals surface area contributed by atoms with E-state index in [9.17, 15) is 9.50 Å². The second kappa shape index (κ2) is 8.19. The molecule has 0 bridgehead atoms. The molecule has 24 heavy (non-hydrogen) atoms. The Bertz CT molecular complexity index is 635. The molecular weight excluding hydrogens is 323 g/mol. The van der Waals surface area contributed by atoms with E-state index in [0.717, 1.165) is 43.7 Å². The largest absolute Gasteiger partial charge is 0.388 e. The molecule has 1 aliphatic rings. The summed E-state index contributed by atoms with van der Waals surface area (Å²) in [7, 11) is 0. The molecule has 2 aromatic rings. The molecule has 130 valence electrons. The van der Waals surface area contributed by atoms with Crippen LogP contribution in [0.3, 0.4) is 0 Å². The van der Waals surface area contributed by atoms with Gasteiger partial charge in [-0.3, -0.25) is 0 Å². The predicted octanol–water partition coefficient (Wildman–Crippen LogP) is 4.28. The number of aromatic nitrogens is 1. The lowest BCUT2D eigenvalue weighted by atomic mass is 9.97. The summed E-state index contributed by atoms with van der Waals surface area (Å²) in [6.45, 7) is 5.29. The third-order valence-corrected chi connectivity index (χ3v) is 5.91. The molecule has 0 aliphatic carbocycles. The summed E-state index contributed by atoms with van der Waals surface area (Å²) < 4.78 is 12.9. The minimum Gasteiger partial charge on any atom is -0.388 e. The third-order valence-electron chi connectivity index (χ3n) is 4.78. The van der Waals surface area contributed by atoms with Crippen molar-refractivity contribution in [3.05, 3.63) is 51.7 Å². The summed E-state index contributed by atoms with van der Waals surface area (Å²) in [4.78, 5) is 7.11. The van der Waals surface area contributed by atoms with Crippen LogP contribution >= 0.6 is 11.3 Å². The van der Waals surface area contributed by atoms with Crippen molar-refractivity contribution >= 4 is 11.3 Å². The highest BCUT2D eigenvalue weighted by molar-refractivity contribution is 7.09. The molecular formula is C19H25FN2OS. The van der Waals surface area contributed by atoms with E-state index in [4.69, 9.17) is 0 Å². The van der Waals surface area contributed by atoms with Crippen molar-refractivity contribution in [1.29, 1.82) is 0 Å². The van der Waals surface area contributed by atoms with Gasteiger partial charge in [0.25, 0.3) is 0 Å². The van der Waals surface area contributed by atoms with Gasteiger partial charge in [-0.25, -0.2) is 9.37 Å². The van der Waals surface area contributed by atoms with Crippen LogP contribution in [0.5, 0.6) is 0 Å². The van der Waals surface area contributed by atoms with Crippen LogP contribution in [0.1, 0.15) is 54.0 Å². The number of likely N-dealkylation sites (tertiary alicyclic amines) is 1. The molecule has 1 fully saturated rings. The Kier molecular flexibility index (Phi) is 5.98. The summed E-state index contributed by atoms with van der Waals surface area (Å²) in [5.41, 5.74) is 1.93. The topological polar surface area (TPSA) is 36.4 Å². The van der Waals surface area contributed by atoms with Crippen molar-refractivity contribution in [1.82, 2.24) is 9.88 Å². The molecule has 1 aliphatic heterocycles. The van der Waals surface area contributed by atoms with Crippen LogP contribution in [0, 0.1) is 12.7 Å². The van der Waals surface area contributed by atoms with E-state index in [1.54, 1.807) is 23.5 Å². The molecule has 1 atom stereocenters. The van der Waals surface area contributed by atoms with E-state index in [1.165, 1.54) is 30.0 Å². The van der Waals surface area contributed by atoms with Gasteiger partial charge in [-0.15, -0.1) is 11.3 Å². The number of aliphatic hydroxyl groups is 1. The van der Waals surface area contributed by atoms with Gasteiger partial charge in [-0.1, -0.05) is 12.1 Å². The molecule has 3 nitrogen and oxygen atoms in total. The van der Waals surface area contributed by atoms with Gasteiger partial charge in [0.05, 0.1) is 11.1 Å². The van der Waals surface area contributed by atoms with Crippen LogP contribution in [-0.2, 0) is 0 Å². The van der Waals surface area contributed by atoms with E-state index in [0.29, 0.717) is 5.92 Å². The molecule has 1 N–H and O–H groups in total. The smallest absolute Gasteiger partial charge is 0.123 e. The molecule has 3 rings (SSSR count). The van der Waals surface area contributed by atoms with Crippen LogP contribution in [0.4, 0.5) is 4.39 Å². The number of aryl methyl sites for hydroxylation is 1. The standard InChI is InChI=1S/C19H25FN2OS/c1-14-13-24-19(21-14)16-8-11-22(12-9-16)10-2-3-18(23)15-4-6-17(20)7-5-15/h4-7,13,16,18,23H,2-3,8-12H2,1H3. The maximum atomic E-state index is 12.9. The molecule has 0 spiro atoms. The lowest BCUT2D eigenvalue weighted by Crippen LogP contribution is -2.33. The summed E-state index contributed by atoms with van der Waals surface area (Å²) in [5.74, 6) is 0.356. The number of halogens is 1. The van der Waals surface area contributed by atoms with Crippen molar-refractivity contribution in [3.63, 3.8) is 0 Å². The Balaban J connectivity index is 1.38. The second-order valence-corrected chi connectivity index (χ2v) is 7.54. The van der Waals surface area contributed by atoms with Crippen molar-refractivity contribution in [3.8, 4) is 0 Å². The van der Waals surface area contributed by atoms with Crippen molar-refractivity contribution in [2.45, 2.75) is 44.6 Å². The zero-order chi connectivity index (χ0) is 16.9. The zero-order valence-electron chi connectivity index (χ0n) is 14.1. The Hall–Kier alpha value is -1.30. The van der Waals surface area contributed by atoms with Gasteiger partial charge in [-0.2, -0.15) is 0 Å². The number of nitrogens with zero attached hydrogens (tertiary/aromatic N) is 2. The van der Waals surface area contributed by atoms with Gasteiger partial charge >= 0.3 is 0 Å². The normalized spacial score (nSPS) is 18.0. The third kappa shape index (κ3) is 4.62. The molecule has 5 heteroatoms. The van der Waals surface area contributed by atoms with Crippen LogP contribution in [0.25, 0.3) is 0 Å².